The second-order valence-electron chi connectivity index (χ2n) is 10.7. The number of nitrogens with two attached hydrogens (primary N) is 1. The van der Waals surface area contributed by atoms with E-state index >= 15 is 0 Å². The minimum Gasteiger partial charge on any atom is -0.396 e. The minimum absolute atomic E-state index is 0.131. The van der Waals surface area contributed by atoms with Crippen LogP contribution < -0.4 is 5.73 Å². The largest absolute Gasteiger partial charge is 0.396 e. The molecule has 0 spiro atoms. The van der Waals surface area contributed by atoms with Crippen LogP contribution in [0.15, 0.2) is 5.16 Å². The molecule has 0 aromatic carbocycles. The maximum Gasteiger partial charge on any atom is 0.139 e. The Morgan fingerprint density at radius 1 is 1.21 bits per heavy atom. The number of Topliss-reactive ketones (excluding diaryl/α,β-unsaturated/α-hetero) is 1. The molecule has 5 nitrogen and oxygen atoms in total. The molecule has 4 aliphatic rings. The van der Waals surface area contributed by atoms with Gasteiger partial charge in [0, 0.05) is 17.8 Å². The lowest BCUT2D eigenvalue weighted by Gasteiger charge is -2.62. The van der Waals surface area contributed by atoms with E-state index in [1.54, 1.807) is 0 Å². The average Bonchev–Trinajstić information content (AvgIpc) is 3.00. The van der Waals surface area contributed by atoms with E-state index < -0.39 is 0 Å². The van der Waals surface area contributed by atoms with Crippen molar-refractivity contribution in [2.45, 2.75) is 84.7 Å². The Kier molecular flexibility index (Phi) is 5.84. The topological polar surface area (TPSA) is 84.9 Å². The number of fused-ring (bicyclic) bond motifs is 5. The fourth-order valence-corrected chi connectivity index (χ4v) is 8.07. The van der Waals surface area contributed by atoms with Crippen molar-refractivity contribution in [3.05, 3.63) is 0 Å². The first-order valence-corrected chi connectivity index (χ1v) is 12.0. The summed E-state index contributed by atoms with van der Waals surface area (Å²) in [6, 6.07) is 0. The van der Waals surface area contributed by atoms with Gasteiger partial charge >= 0.3 is 0 Å². The summed E-state index contributed by atoms with van der Waals surface area (Å²) in [5.41, 5.74) is 6.70. The molecule has 0 bridgehead atoms. The van der Waals surface area contributed by atoms with E-state index in [1.165, 1.54) is 0 Å². The van der Waals surface area contributed by atoms with Crippen molar-refractivity contribution in [3.63, 3.8) is 0 Å². The number of carbonyl (C=O) groups excluding carboxylic acids is 1. The lowest BCUT2D eigenvalue weighted by molar-refractivity contribution is -0.161. The molecule has 0 aromatic rings. The van der Waals surface area contributed by atoms with E-state index in [0.29, 0.717) is 42.6 Å². The molecule has 5 heteroatoms. The first-order valence-electron chi connectivity index (χ1n) is 12.0. The molecule has 0 heterocycles. The number of nitrogens with zero attached hydrogens (tertiary/aromatic N) is 1. The molecule has 3 N–H and O–H groups in total. The Labute approximate surface area is 175 Å². The van der Waals surface area contributed by atoms with E-state index in [2.05, 4.69) is 25.9 Å². The molecule has 0 radical (unpaired) electrons. The zero-order chi connectivity index (χ0) is 20.8. The summed E-state index contributed by atoms with van der Waals surface area (Å²) in [5, 5.41) is 15.9. The van der Waals surface area contributed by atoms with Crippen LogP contribution in [0.3, 0.4) is 0 Å². The number of rotatable bonds is 5. The standard InChI is InChI=1S/C24H40N2O3/c1-4-15-19(26-29-13-5-12-25)9-11-24(3)18-8-10-23(2)17(6-7-21(23)28)16(18)14-20(27)22(15)24/h15-18,20,22,27H,4-14,25H2,1-3H3/b26-19+/t15-,16-,17-,18-,20+,22?,23-,24+/m0/s1. The minimum atomic E-state index is -0.307. The third kappa shape index (κ3) is 3.27. The molecule has 4 saturated carbocycles. The highest BCUT2D eigenvalue weighted by molar-refractivity contribution is 5.88. The summed E-state index contributed by atoms with van der Waals surface area (Å²) in [4.78, 5) is 18.2. The number of aliphatic hydroxyl groups is 1. The van der Waals surface area contributed by atoms with Gasteiger partial charge < -0.3 is 15.7 Å². The number of carbonyl (C=O) groups is 1. The van der Waals surface area contributed by atoms with Crippen molar-refractivity contribution < 1.29 is 14.7 Å². The first-order chi connectivity index (χ1) is 13.9. The summed E-state index contributed by atoms with van der Waals surface area (Å²) in [7, 11) is 0. The van der Waals surface area contributed by atoms with Crippen molar-refractivity contribution in [2.75, 3.05) is 13.2 Å². The van der Waals surface area contributed by atoms with Crippen LogP contribution in [0.1, 0.15) is 78.6 Å². The number of ketones is 1. The van der Waals surface area contributed by atoms with Gasteiger partial charge in [-0.2, -0.15) is 0 Å². The van der Waals surface area contributed by atoms with E-state index in [1.807, 2.05) is 0 Å². The van der Waals surface area contributed by atoms with E-state index in [4.69, 9.17) is 10.6 Å². The van der Waals surface area contributed by atoms with Gasteiger partial charge in [-0.15, -0.1) is 0 Å². The fourth-order valence-electron chi connectivity index (χ4n) is 8.07. The highest BCUT2D eigenvalue weighted by atomic mass is 16.6. The molecular weight excluding hydrogens is 364 g/mol. The van der Waals surface area contributed by atoms with Crippen molar-refractivity contribution in [1.82, 2.24) is 0 Å². The van der Waals surface area contributed by atoms with Crippen LogP contribution in [0, 0.1) is 40.4 Å². The third-order valence-corrected chi connectivity index (χ3v) is 9.53. The van der Waals surface area contributed by atoms with E-state index in [-0.39, 0.29) is 22.9 Å². The molecular formula is C24H40N2O3. The number of hydrogen-bond acceptors (Lipinski definition) is 5. The highest BCUT2D eigenvalue weighted by Gasteiger charge is 2.63. The summed E-state index contributed by atoms with van der Waals surface area (Å²) in [6.07, 6.45) is 8.35. The van der Waals surface area contributed by atoms with Gasteiger partial charge in [0.05, 0.1) is 11.8 Å². The molecule has 0 amide bonds. The summed E-state index contributed by atoms with van der Waals surface area (Å²) < 4.78 is 0. The van der Waals surface area contributed by atoms with Crippen LogP contribution in [0.4, 0.5) is 0 Å². The van der Waals surface area contributed by atoms with Crippen LogP contribution in [-0.2, 0) is 9.63 Å². The molecule has 0 aliphatic heterocycles. The molecule has 164 valence electrons. The van der Waals surface area contributed by atoms with Gasteiger partial charge in [-0.1, -0.05) is 25.9 Å². The maximum atomic E-state index is 12.6. The molecule has 4 fully saturated rings. The van der Waals surface area contributed by atoms with Gasteiger partial charge in [0.1, 0.15) is 12.4 Å². The maximum absolute atomic E-state index is 12.6. The third-order valence-electron chi connectivity index (χ3n) is 9.53. The summed E-state index contributed by atoms with van der Waals surface area (Å²) >= 11 is 0. The van der Waals surface area contributed by atoms with Gasteiger partial charge in [0.15, 0.2) is 0 Å². The Hall–Kier alpha value is -0.940. The van der Waals surface area contributed by atoms with Gasteiger partial charge in [-0.05, 0) is 87.0 Å². The second kappa shape index (κ2) is 7.96. The molecule has 0 saturated heterocycles. The predicted octanol–water partition coefficient (Wildman–Crippen LogP) is 3.93. The summed E-state index contributed by atoms with van der Waals surface area (Å²) in [6.45, 7) is 8.06. The zero-order valence-corrected chi connectivity index (χ0v) is 18.5. The number of aliphatic hydroxyl groups excluding tert-OH is 1. The Balaban J connectivity index is 1.59. The van der Waals surface area contributed by atoms with Gasteiger partial charge in [-0.25, -0.2) is 0 Å². The number of hydrogen-bond donors (Lipinski definition) is 2. The fraction of sp³-hybridized carbons (Fsp3) is 0.917. The molecule has 0 aromatic heterocycles. The predicted molar refractivity (Wildman–Crippen MR) is 114 cm³/mol. The average molecular weight is 405 g/mol. The summed E-state index contributed by atoms with van der Waals surface area (Å²) in [5.74, 6) is 2.60. The monoisotopic (exact) mass is 404 g/mol. The zero-order valence-electron chi connectivity index (χ0n) is 18.5. The highest BCUT2D eigenvalue weighted by Crippen LogP contribution is 2.66. The van der Waals surface area contributed by atoms with E-state index in [0.717, 1.165) is 63.5 Å². The lowest BCUT2D eigenvalue weighted by Crippen LogP contribution is -2.60. The molecule has 8 atom stereocenters. The quantitative estimate of drug-likeness (QED) is 0.537. The smallest absolute Gasteiger partial charge is 0.139 e. The molecule has 29 heavy (non-hydrogen) atoms. The van der Waals surface area contributed by atoms with E-state index in [9.17, 15) is 9.90 Å². The van der Waals surface area contributed by atoms with Crippen molar-refractivity contribution in [2.24, 2.45) is 51.3 Å². The van der Waals surface area contributed by atoms with Crippen molar-refractivity contribution >= 4 is 11.5 Å². The molecule has 4 aliphatic carbocycles. The van der Waals surface area contributed by atoms with Crippen molar-refractivity contribution in [3.8, 4) is 0 Å². The Morgan fingerprint density at radius 2 is 2.00 bits per heavy atom. The normalized spacial score (nSPS) is 48.2. The number of oxime groups is 1. The van der Waals surface area contributed by atoms with Gasteiger partial charge in [0.25, 0.3) is 0 Å². The van der Waals surface area contributed by atoms with Crippen LogP contribution in [0.2, 0.25) is 0 Å². The SMILES string of the molecule is CC[C@H]1/C(=N/OCCCN)CC[C@@]2(C)C1[C@H](O)C[C@@H]1[C@@H]2CC[C@]2(C)C(=O)CC[C@@H]12. The van der Waals surface area contributed by atoms with Crippen LogP contribution in [0.25, 0.3) is 0 Å². The van der Waals surface area contributed by atoms with Crippen LogP contribution >= 0.6 is 0 Å². The molecule has 4 rings (SSSR count). The van der Waals surface area contributed by atoms with Crippen LogP contribution in [0.5, 0.6) is 0 Å². The first kappa shape index (κ1) is 21.3. The van der Waals surface area contributed by atoms with Gasteiger partial charge in [-0.3, -0.25) is 4.79 Å². The second-order valence-corrected chi connectivity index (χ2v) is 10.7. The Morgan fingerprint density at radius 3 is 2.72 bits per heavy atom. The Bertz CT molecular complexity index is 665. The lowest BCUT2D eigenvalue weighted by atomic mass is 9.43. The van der Waals surface area contributed by atoms with Crippen molar-refractivity contribution in [1.29, 1.82) is 0 Å². The van der Waals surface area contributed by atoms with Gasteiger partial charge in [0.2, 0.25) is 0 Å². The molecule has 1 unspecified atom stereocenters. The van der Waals surface area contributed by atoms with Crippen LogP contribution in [-0.4, -0.2) is 35.9 Å².